The van der Waals surface area contributed by atoms with E-state index in [1.165, 1.54) is 6.33 Å². The largest absolute Gasteiger partial charge is 0.493 e. The fraction of sp³-hybridized carbons (Fsp3) is 0.308. The van der Waals surface area contributed by atoms with Crippen molar-refractivity contribution in [3.63, 3.8) is 0 Å². The lowest BCUT2D eigenvalue weighted by molar-refractivity contribution is 0.144. The quantitative estimate of drug-likeness (QED) is 0.251. The van der Waals surface area contributed by atoms with Crippen LogP contribution in [0.1, 0.15) is 26.5 Å². The number of carbonyl (C=O) groups excluding carboxylic acids is 1. The Morgan fingerprint density at radius 2 is 1.82 bits per heavy atom. The third-order valence-electron chi connectivity index (χ3n) is 5.23. The highest BCUT2D eigenvalue weighted by Crippen LogP contribution is 2.36. The van der Waals surface area contributed by atoms with E-state index in [2.05, 4.69) is 25.8 Å². The topological polar surface area (TPSA) is 130 Å². The number of aromatic nitrogens is 3. The van der Waals surface area contributed by atoms with Crippen molar-refractivity contribution in [2.75, 3.05) is 38.1 Å². The van der Waals surface area contributed by atoms with Crippen molar-refractivity contribution in [2.45, 2.75) is 26.2 Å². The summed E-state index contributed by atoms with van der Waals surface area (Å²) in [4.78, 5) is 21.1. The van der Waals surface area contributed by atoms with Gasteiger partial charge in [-0.1, -0.05) is 32.0 Å². The van der Waals surface area contributed by atoms with E-state index in [4.69, 9.17) is 23.5 Å². The second kappa shape index (κ2) is 12.4. The van der Waals surface area contributed by atoms with Crippen LogP contribution in [-0.4, -0.2) is 48.6 Å². The average Bonchev–Trinajstić information content (AvgIpc) is 3.33. The second-order valence-corrected chi connectivity index (χ2v) is 9.08. The SMILES string of the molecule is COCCOc1cc2c(Oc3cccc(NC(=O)Nc4cc(C(C)(C)C)on4)c3)ncnc2cc1OC.Cl. The first-order valence-electron chi connectivity index (χ1n) is 11.5. The van der Waals surface area contributed by atoms with Crippen molar-refractivity contribution < 1.29 is 28.3 Å². The smallest absolute Gasteiger partial charge is 0.324 e. The van der Waals surface area contributed by atoms with E-state index in [1.807, 2.05) is 20.8 Å². The number of urea groups is 1. The van der Waals surface area contributed by atoms with Gasteiger partial charge in [0.05, 0.1) is 24.6 Å². The molecule has 2 aromatic carbocycles. The van der Waals surface area contributed by atoms with Crippen LogP contribution < -0.4 is 24.8 Å². The van der Waals surface area contributed by atoms with Gasteiger partial charge in [0.25, 0.3) is 0 Å². The number of fused-ring (bicyclic) bond motifs is 1. The Morgan fingerprint density at radius 3 is 2.53 bits per heavy atom. The van der Waals surface area contributed by atoms with Crippen LogP contribution in [0, 0.1) is 0 Å². The highest BCUT2D eigenvalue weighted by Gasteiger charge is 2.20. The van der Waals surface area contributed by atoms with E-state index in [0.29, 0.717) is 64.5 Å². The highest BCUT2D eigenvalue weighted by atomic mass is 35.5. The Hall–Kier alpha value is -4.09. The van der Waals surface area contributed by atoms with Crippen molar-refractivity contribution in [1.82, 2.24) is 15.1 Å². The molecule has 202 valence electrons. The van der Waals surface area contributed by atoms with Crippen molar-refractivity contribution in [1.29, 1.82) is 0 Å². The fourth-order valence-corrected chi connectivity index (χ4v) is 3.34. The van der Waals surface area contributed by atoms with Crippen LogP contribution in [-0.2, 0) is 10.2 Å². The van der Waals surface area contributed by atoms with Gasteiger partial charge in [-0.3, -0.25) is 5.32 Å². The lowest BCUT2D eigenvalue weighted by Gasteiger charge is -2.13. The van der Waals surface area contributed by atoms with Gasteiger partial charge in [-0.15, -0.1) is 12.4 Å². The number of carbonyl (C=O) groups is 1. The van der Waals surface area contributed by atoms with E-state index in [0.717, 1.165) is 0 Å². The molecule has 2 amide bonds. The number of halogens is 1. The molecule has 4 rings (SSSR count). The molecule has 2 N–H and O–H groups in total. The minimum atomic E-state index is -0.469. The summed E-state index contributed by atoms with van der Waals surface area (Å²) < 4.78 is 27.6. The van der Waals surface area contributed by atoms with Gasteiger partial charge >= 0.3 is 6.03 Å². The van der Waals surface area contributed by atoms with Gasteiger partial charge in [0.15, 0.2) is 17.3 Å². The molecule has 2 heterocycles. The number of methoxy groups -OCH3 is 2. The Balaban J connectivity index is 0.00000400. The first-order valence-corrected chi connectivity index (χ1v) is 11.5. The van der Waals surface area contributed by atoms with Crippen LogP contribution in [0.25, 0.3) is 10.9 Å². The number of rotatable bonds is 9. The zero-order valence-electron chi connectivity index (χ0n) is 21.7. The summed E-state index contributed by atoms with van der Waals surface area (Å²) in [6, 6.07) is 11.7. The maximum Gasteiger partial charge on any atom is 0.324 e. The number of anilines is 2. The third-order valence-corrected chi connectivity index (χ3v) is 5.23. The molecule has 0 saturated carbocycles. The van der Waals surface area contributed by atoms with Crippen molar-refractivity contribution in [3.05, 3.63) is 54.6 Å². The summed E-state index contributed by atoms with van der Waals surface area (Å²) >= 11 is 0. The molecule has 2 aromatic heterocycles. The molecule has 11 nitrogen and oxygen atoms in total. The van der Waals surface area contributed by atoms with E-state index in [-0.39, 0.29) is 17.8 Å². The van der Waals surface area contributed by atoms with Crippen LogP contribution in [0.5, 0.6) is 23.1 Å². The standard InChI is InChI=1S/C26H29N5O6.ClH/c1-26(2,3)22-14-23(31-37-22)30-25(32)29-16-7-6-8-17(11-16)36-24-18-12-21(35-10-9-33-4)20(34-5)13-19(18)27-15-28-24;/h6-8,11-15H,9-10H2,1-5H3,(H2,29,30,31,32);1H. The van der Waals surface area contributed by atoms with Gasteiger partial charge < -0.3 is 28.8 Å². The van der Waals surface area contributed by atoms with Gasteiger partial charge in [-0.05, 0) is 18.2 Å². The Labute approximate surface area is 226 Å². The number of hydrogen-bond donors (Lipinski definition) is 2. The summed E-state index contributed by atoms with van der Waals surface area (Å²) in [6.45, 7) is 6.77. The lowest BCUT2D eigenvalue weighted by Crippen LogP contribution is -2.19. The fourth-order valence-electron chi connectivity index (χ4n) is 3.34. The first-order chi connectivity index (χ1) is 17.8. The average molecular weight is 544 g/mol. The van der Waals surface area contributed by atoms with Gasteiger partial charge in [-0.2, -0.15) is 0 Å². The summed E-state index contributed by atoms with van der Waals surface area (Å²) in [5.41, 5.74) is 0.914. The van der Waals surface area contributed by atoms with E-state index in [9.17, 15) is 4.79 Å². The summed E-state index contributed by atoms with van der Waals surface area (Å²) in [5, 5.41) is 9.95. The van der Waals surface area contributed by atoms with Crippen LogP contribution in [0.4, 0.5) is 16.3 Å². The zero-order valence-corrected chi connectivity index (χ0v) is 22.5. The molecule has 0 saturated heterocycles. The molecule has 38 heavy (non-hydrogen) atoms. The molecule has 12 heteroatoms. The number of ether oxygens (including phenoxy) is 4. The maximum atomic E-state index is 12.5. The molecule has 0 aliphatic carbocycles. The van der Waals surface area contributed by atoms with Crippen molar-refractivity contribution >= 4 is 40.8 Å². The van der Waals surface area contributed by atoms with Crippen LogP contribution in [0.15, 0.2) is 53.3 Å². The molecule has 0 aliphatic heterocycles. The normalized spacial score (nSPS) is 11.0. The lowest BCUT2D eigenvalue weighted by atomic mass is 9.93. The van der Waals surface area contributed by atoms with Gasteiger partial charge in [-0.25, -0.2) is 14.8 Å². The molecular weight excluding hydrogens is 514 g/mol. The Morgan fingerprint density at radius 1 is 1.00 bits per heavy atom. The molecular formula is C26H30ClN5O6. The Kier molecular flexibility index (Phi) is 9.32. The minimum absolute atomic E-state index is 0. The van der Waals surface area contributed by atoms with Gasteiger partial charge in [0, 0.05) is 36.4 Å². The summed E-state index contributed by atoms with van der Waals surface area (Å²) in [6.07, 6.45) is 1.40. The first kappa shape index (κ1) is 28.5. The number of amides is 2. The molecule has 0 aliphatic rings. The predicted molar refractivity (Wildman–Crippen MR) is 145 cm³/mol. The van der Waals surface area contributed by atoms with Crippen LogP contribution >= 0.6 is 12.4 Å². The second-order valence-electron chi connectivity index (χ2n) is 9.08. The Bertz CT molecular complexity index is 1390. The number of hydrogen-bond acceptors (Lipinski definition) is 9. The molecule has 0 unspecified atom stereocenters. The van der Waals surface area contributed by atoms with E-state index < -0.39 is 6.03 Å². The summed E-state index contributed by atoms with van der Waals surface area (Å²) in [7, 11) is 3.16. The van der Waals surface area contributed by atoms with Crippen molar-refractivity contribution in [3.8, 4) is 23.1 Å². The van der Waals surface area contributed by atoms with Crippen LogP contribution in [0.2, 0.25) is 0 Å². The molecule has 0 fully saturated rings. The van der Waals surface area contributed by atoms with Gasteiger partial charge in [0.1, 0.15) is 24.4 Å². The highest BCUT2D eigenvalue weighted by molar-refractivity contribution is 5.99. The maximum absolute atomic E-state index is 12.5. The number of nitrogens with zero attached hydrogens (tertiary/aromatic N) is 3. The molecule has 0 spiro atoms. The third kappa shape index (κ3) is 7.02. The zero-order chi connectivity index (χ0) is 26.4. The van der Waals surface area contributed by atoms with E-state index in [1.54, 1.807) is 56.7 Å². The molecule has 0 atom stereocenters. The minimum Gasteiger partial charge on any atom is -0.493 e. The molecule has 0 bridgehead atoms. The molecule has 0 radical (unpaired) electrons. The number of nitrogens with one attached hydrogen (secondary N) is 2. The predicted octanol–water partition coefficient (Wildman–Crippen LogP) is 5.81. The van der Waals surface area contributed by atoms with Crippen molar-refractivity contribution in [2.24, 2.45) is 0 Å². The van der Waals surface area contributed by atoms with Gasteiger partial charge in [0.2, 0.25) is 5.88 Å². The van der Waals surface area contributed by atoms with Crippen LogP contribution in [0.3, 0.4) is 0 Å². The molecule has 4 aromatic rings. The summed E-state index contributed by atoms with van der Waals surface area (Å²) in [5.74, 6) is 2.82. The monoisotopic (exact) mass is 543 g/mol. The van der Waals surface area contributed by atoms with E-state index >= 15 is 0 Å². The number of benzene rings is 2.